The van der Waals surface area contributed by atoms with Gasteiger partial charge in [0.15, 0.2) is 0 Å². The second-order valence-electron chi connectivity index (χ2n) is 6.57. The molecule has 3 rings (SSSR count). The molecule has 2 saturated heterocycles. The number of carbonyl (C=O) groups is 1. The van der Waals surface area contributed by atoms with Crippen molar-refractivity contribution in [3.8, 4) is 0 Å². The molecule has 1 amide bonds. The molecule has 2 N–H and O–H groups in total. The lowest BCUT2D eigenvalue weighted by Gasteiger charge is -2.33. The van der Waals surface area contributed by atoms with E-state index in [9.17, 15) is 4.79 Å². The number of anilines is 1. The van der Waals surface area contributed by atoms with Gasteiger partial charge in [0.05, 0.1) is 6.54 Å². The third kappa shape index (κ3) is 4.00. The Morgan fingerprint density at radius 1 is 1.32 bits per heavy atom. The molecule has 22 heavy (non-hydrogen) atoms. The summed E-state index contributed by atoms with van der Waals surface area (Å²) in [5, 5.41) is 6.51. The minimum Gasteiger partial charge on any atom is -0.325 e. The summed E-state index contributed by atoms with van der Waals surface area (Å²) in [6.07, 6.45) is 1.22. The van der Waals surface area contributed by atoms with Crippen molar-refractivity contribution in [3.63, 3.8) is 0 Å². The molecule has 0 saturated carbocycles. The molecule has 122 valence electrons. The molecule has 0 bridgehead atoms. The molecule has 2 heterocycles. The Hall–Kier alpha value is -1.10. The molecule has 0 aliphatic carbocycles. The van der Waals surface area contributed by atoms with Crippen molar-refractivity contribution < 1.29 is 4.79 Å². The van der Waals surface area contributed by atoms with Crippen molar-refractivity contribution in [1.82, 2.24) is 10.2 Å². The molecule has 2 fully saturated rings. The number of rotatable bonds is 3. The number of carbonyl (C=O) groups excluding carboxylic acids is 1. The largest absolute Gasteiger partial charge is 0.325 e. The van der Waals surface area contributed by atoms with E-state index in [2.05, 4.69) is 28.5 Å². The summed E-state index contributed by atoms with van der Waals surface area (Å²) in [6, 6.07) is 6.14. The third-order valence-electron chi connectivity index (χ3n) is 4.81. The number of nitrogens with zero attached hydrogens (tertiary/aromatic N) is 1. The van der Waals surface area contributed by atoms with Crippen LogP contribution in [0.2, 0.25) is 0 Å². The summed E-state index contributed by atoms with van der Waals surface area (Å²) >= 11 is 0. The summed E-state index contributed by atoms with van der Waals surface area (Å²) in [4.78, 5) is 14.5. The quantitative estimate of drug-likeness (QED) is 0.896. The van der Waals surface area contributed by atoms with Gasteiger partial charge in [-0.1, -0.05) is 17.7 Å². The number of hydrogen-bond acceptors (Lipinski definition) is 3. The van der Waals surface area contributed by atoms with E-state index in [-0.39, 0.29) is 18.3 Å². The molecule has 2 unspecified atom stereocenters. The van der Waals surface area contributed by atoms with Crippen LogP contribution in [-0.2, 0) is 4.79 Å². The van der Waals surface area contributed by atoms with Gasteiger partial charge in [-0.2, -0.15) is 0 Å². The Balaban J connectivity index is 0.00000176. The van der Waals surface area contributed by atoms with E-state index in [1.54, 1.807) is 0 Å². The summed E-state index contributed by atoms with van der Waals surface area (Å²) in [7, 11) is 0. The van der Waals surface area contributed by atoms with Crippen LogP contribution in [-0.4, -0.2) is 43.5 Å². The number of piperidine rings is 1. The van der Waals surface area contributed by atoms with Gasteiger partial charge in [0.2, 0.25) is 5.91 Å². The molecule has 0 aromatic heterocycles. The first-order valence-corrected chi connectivity index (χ1v) is 7.92. The first-order valence-electron chi connectivity index (χ1n) is 7.92. The van der Waals surface area contributed by atoms with Crippen molar-refractivity contribution in [2.24, 2.45) is 11.8 Å². The third-order valence-corrected chi connectivity index (χ3v) is 4.81. The molecule has 5 heteroatoms. The van der Waals surface area contributed by atoms with Crippen LogP contribution in [0.15, 0.2) is 18.2 Å². The molecule has 2 atom stereocenters. The van der Waals surface area contributed by atoms with E-state index in [0.29, 0.717) is 6.54 Å². The highest BCUT2D eigenvalue weighted by Crippen LogP contribution is 2.26. The SMILES string of the molecule is Cc1ccc(NC(=O)CN2CCC3CNCC3C2)c(C)c1.Cl. The maximum atomic E-state index is 12.2. The fraction of sp³-hybridized carbons (Fsp3) is 0.588. The summed E-state index contributed by atoms with van der Waals surface area (Å²) in [5.74, 6) is 1.66. The molecule has 2 aliphatic rings. The van der Waals surface area contributed by atoms with Gasteiger partial charge in [-0.3, -0.25) is 9.69 Å². The van der Waals surface area contributed by atoms with Gasteiger partial charge >= 0.3 is 0 Å². The Morgan fingerprint density at radius 2 is 2.09 bits per heavy atom. The summed E-state index contributed by atoms with van der Waals surface area (Å²) < 4.78 is 0. The fourth-order valence-electron chi connectivity index (χ4n) is 3.60. The van der Waals surface area contributed by atoms with Crippen LogP contribution in [0.3, 0.4) is 0 Å². The predicted molar refractivity (Wildman–Crippen MR) is 92.7 cm³/mol. The molecule has 0 radical (unpaired) electrons. The minimum absolute atomic E-state index is 0. The van der Waals surface area contributed by atoms with Gasteiger partial charge in [-0.25, -0.2) is 0 Å². The first-order chi connectivity index (χ1) is 10.1. The first kappa shape index (κ1) is 17.3. The lowest BCUT2D eigenvalue weighted by atomic mass is 9.89. The Morgan fingerprint density at radius 3 is 2.86 bits per heavy atom. The Kier molecular flexibility index (Phi) is 5.84. The summed E-state index contributed by atoms with van der Waals surface area (Å²) in [5.41, 5.74) is 3.28. The number of nitrogens with one attached hydrogen (secondary N) is 2. The summed E-state index contributed by atoms with van der Waals surface area (Å²) in [6.45, 7) is 8.99. The minimum atomic E-state index is 0. The van der Waals surface area contributed by atoms with Gasteiger partial charge in [0.1, 0.15) is 0 Å². The van der Waals surface area contributed by atoms with Gasteiger partial charge < -0.3 is 10.6 Å². The number of amides is 1. The monoisotopic (exact) mass is 323 g/mol. The van der Waals surface area contributed by atoms with E-state index in [1.807, 2.05) is 19.1 Å². The average molecular weight is 324 g/mol. The number of likely N-dealkylation sites (tertiary alicyclic amines) is 1. The topological polar surface area (TPSA) is 44.4 Å². The molecule has 1 aromatic carbocycles. The maximum absolute atomic E-state index is 12.2. The molecule has 2 aliphatic heterocycles. The van der Waals surface area contributed by atoms with Gasteiger partial charge in [-0.05, 0) is 63.4 Å². The van der Waals surface area contributed by atoms with Gasteiger partial charge in [-0.15, -0.1) is 12.4 Å². The zero-order valence-electron chi connectivity index (χ0n) is 13.4. The predicted octanol–water partition coefficient (Wildman–Crippen LogP) is 2.21. The smallest absolute Gasteiger partial charge is 0.238 e. The highest BCUT2D eigenvalue weighted by atomic mass is 35.5. The molecule has 4 nitrogen and oxygen atoms in total. The Labute approximate surface area is 139 Å². The normalized spacial score (nSPS) is 24.5. The molecular weight excluding hydrogens is 298 g/mol. The number of halogens is 1. The van der Waals surface area contributed by atoms with Crippen LogP contribution in [0.4, 0.5) is 5.69 Å². The average Bonchev–Trinajstić information content (AvgIpc) is 2.89. The lowest BCUT2D eigenvalue weighted by molar-refractivity contribution is -0.117. The van der Waals surface area contributed by atoms with Crippen LogP contribution in [0.1, 0.15) is 17.5 Å². The van der Waals surface area contributed by atoms with Crippen molar-refractivity contribution >= 4 is 24.0 Å². The number of benzene rings is 1. The highest BCUT2D eigenvalue weighted by molar-refractivity contribution is 5.93. The molecule has 1 aromatic rings. The van der Waals surface area contributed by atoms with Crippen molar-refractivity contribution in [3.05, 3.63) is 29.3 Å². The lowest BCUT2D eigenvalue weighted by Crippen LogP contribution is -2.43. The molecular formula is C17H26ClN3O. The Bertz CT molecular complexity index is 535. The number of aryl methyl sites for hydroxylation is 2. The fourth-order valence-corrected chi connectivity index (χ4v) is 3.60. The highest BCUT2D eigenvalue weighted by Gasteiger charge is 2.33. The van der Waals surface area contributed by atoms with Gasteiger partial charge in [0, 0.05) is 12.2 Å². The van der Waals surface area contributed by atoms with Crippen LogP contribution >= 0.6 is 12.4 Å². The number of hydrogen-bond donors (Lipinski definition) is 2. The zero-order chi connectivity index (χ0) is 14.8. The van der Waals surface area contributed by atoms with E-state index < -0.39 is 0 Å². The number of fused-ring (bicyclic) bond motifs is 1. The van der Waals surface area contributed by atoms with Crippen molar-refractivity contribution in [2.75, 3.05) is 38.0 Å². The second-order valence-corrected chi connectivity index (χ2v) is 6.57. The van der Waals surface area contributed by atoms with Crippen LogP contribution in [0, 0.1) is 25.7 Å². The van der Waals surface area contributed by atoms with Crippen LogP contribution in [0.5, 0.6) is 0 Å². The van der Waals surface area contributed by atoms with E-state index in [1.165, 1.54) is 12.0 Å². The van der Waals surface area contributed by atoms with Crippen LogP contribution < -0.4 is 10.6 Å². The zero-order valence-corrected chi connectivity index (χ0v) is 14.2. The van der Waals surface area contributed by atoms with Crippen LogP contribution in [0.25, 0.3) is 0 Å². The maximum Gasteiger partial charge on any atom is 0.238 e. The second kappa shape index (κ2) is 7.44. The standard InChI is InChI=1S/C17H25N3O.ClH/c1-12-3-4-16(13(2)7-12)19-17(21)11-20-6-5-14-8-18-9-15(14)10-20;/h3-4,7,14-15,18H,5-6,8-11H2,1-2H3,(H,19,21);1H. The van der Waals surface area contributed by atoms with E-state index in [4.69, 9.17) is 0 Å². The molecule has 0 spiro atoms. The van der Waals surface area contributed by atoms with Crippen molar-refractivity contribution in [2.45, 2.75) is 20.3 Å². The van der Waals surface area contributed by atoms with Gasteiger partial charge in [0.25, 0.3) is 0 Å². The van der Waals surface area contributed by atoms with E-state index >= 15 is 0 Å². The van der Waals surface area contributed by atoms with Crippen molar-refractivity contribution in [1.29, 1.82) is 0 Å². The van der Waals surface area contributed by atoms with E-state index in [0.717, 1.165) is 49.3 Å².